The van der Waals surface area contributed by atoms with Crippen molar-refractivity contribution in [2.24, 2.45) is 0 Å². The summed E-state index contributed by atoms with van der Waals surface area (Å²) in [7, 11) is 0. The highest BCUT2D eigenvalue weighted by molar-refractivity contribution is 7.11. The van der Waals surface area contributed by atoms with Crippen LogP contribution in [-0.4, -0.2) is 19.1 Å². The minimum absolute atomic E-state index is 0.00766. The molecule has 0 spiro atoms. The average molecular weight is 438 g/mol. The Balaban J connectivity index is 1.73. The lowest BCUT2D eigenvalue weighted by Crippen LogP contribution is -2.22. The lowest BCUT2D eigenvalue weighted by molar-refractivity contribution is -0.116. The molecule has 152 valence electrons. The minimum Gasteiger partial charge on any atom is -0.490 e. The molecule has 0 aliphatic carbocycles. The van der Waals surface area contributed by atoms with Gasteiger partial charge in [0.05, 0.1) is 12.3 Å². The van der Waals surface area contributed by atoms with Crippen molar-refractivity contribution in [1.29, 1.82) is 0 Å². The highest BCUT2D eigenvalue weighted by Gasteiger charge is 2.31. The number of ether oxygens (including phenoxy) is 2. The molecule has 3 aromatic rings. The second-order valence-corrected chi connectivity index (χ2v) is 8.18. The summed E-state index contributed by atoms with van der Waals surface area (Å²) in [6, 6.07) is 13.4. The monoisotopic (exact) mass is 437 g/mol. The third kappa shape index (κ3) is 4.02. The number of halogens is 1. The van der Waals surface area contributed by atoms with Crippen LogP contribution in [0.2, 0.25) is 5.02 Å². The normalized spacial score (nSPS) is 15.1. The summed E-state index contributed by atoms with van der Waals surface area (Å²) < 4.78 is 11.4. The van der Waals surface area contributed by atoms with Crippen LogP contribution >= 0.6 is 22.9 Å². The maximum absolute atomic E-state index is 12.6. The van der Waals surface area contributed by atoms with E-state index in [1.165, 1.54) is 0 Å². The second kappa shape index (κ2) is 8.83. The average Bonchev–Trinajstić information content (AvgIpc) is 3.16. The molecule has 6 heteroatoms. The van der Waals surface area contributed by atoms with E-state index in [0.717, 1.165) is 27.3 Å². The van der Waals surface area contributed by atoms with Crippen molar-refractivity contribution in [3.63, 3.8) is 0 Å². The topological polar surface area (TPSA) is 47.6 Å². The van der Waals surface area contributed by atoms with E-state index in [9.17, 15) is 4.79 Å². The van der Waals surface area contributed by atoms with Crippen LogP contribution in [0.4, 0.5) is 5.69 Å². The first kappa shape index (κ1) is 20.3. The van der Waals surface area contributed by atoms with Crippen molar-refractivity contribution < 1.29 is 14.3 Å². The smallest absolute Gasteiger partial charge is 0.225 e. The molecule has 0 unspecified atom stereocenters. The predicted molar refractivity (Wildman–Crippen MR) is 122 cm³/mol. The predicted octanol–water partition coefficient (Wildman–Crippen LogP) is 5.95. The molecule has 0 saturated carbocycles. The SMILES string of the molecule is C#CCOc1ccc([C@H]2CC(=O)Nc3c(-c4ccc(Cl)cc4)csc32)cc1OCC. The van der Waals surface area contributed by atoms with E-state index in [0.29, 0.717) is 29.5 Å². The molecule has 0 radical (unpaired) electrons. The maximum Gasteiger partial charge on any atom is 0.225 e. The van der Waals surface area contributed by atoms with Crippen LogP contribution in [0.1, 0.15) is 29.7 Å². The van der Waals surface area contributed by atoms with E-state index in [2.05, 4.69) is 16.6 Å². The summed E-state index contributed by atoms with van der Waals surface area (Å²) in [5.74, 6) is 3.64. The van der Waals surface area contributed by atoms with Gasteiger partial charge in [-0.1, -0.05) is 35.7 Å². The number of hydrogen-bond acceptors (Lipinski definition) is 4. The zero-order valence-electron chi connectivity index (χ0n) is 16.4. The van der Waals surface area contributed by atoms with E-state index in [-0.39, 0.29) is 18.4 Å². The molecule has 1 aliphatic heterocycles. The summed E-state index contributed by atoms with van der Waals surface area (Å²) >= 11 is 7.67. The van der Waals surface area contributed by atoms with E-state index < -0.39 is 0 Å². The van der Waals surface area contributed by atoms with Gasteiger partial charge in [0.2, 0.25) is 5.91 Å². The number of fused-ring (bicyclic) bond motifs is 1. The summed E-state index contributed by atoms with van der Waals surface area (Å²) in [6.07, 6.45) is 5.69. The molecular weight excluding hydrogens is 418 g/mol. The highest BCUT2D eigenvalue weighted by atomic mass is 35.5. The van der Waals surface area contributed by atoms with Gasteiger partial charge in [-0.15, -0.1) is 17.8 Å². The van der Waals surface area contributed by atoms with Gasteiger partial charge in [0.1, 0.15) is 6.61 Å². The number of hydrogen-bond donors (Lipinski definition) is 1. The van der Waals surface area contributed by atoms with E-state index in [1.807, 2.05) is 49.4 Å². The van der Waals surface area contributed by atoms with Crippen LogP contribution in [0.15, 0.2) is 47.8 Å². The Bertz CT molecular complexity index is 1110. The number of amides is 1. The number of benzene rings is 2. The second-order valence-electron chi connectivity index (χ2n) is 6.83. The summed E-state index contributed by atoms with van der Waals surface area (Å²) in [5.41, 5.74) is 3.90. The lowest BCUT2D eigenvalue weighted by atomic mass is 9.89. The lowest BCUT2D eigenvalue weighted by Gasteiger charge is -2.24. The minimum atomic E-state index is -0.0549. The van der Waals surface area contributed by atoms with Gasteiger partial charge in [0, 0.05) is 33.2 Å². The molecule has 2 heterocycles. The van der Waals surface area contributed by atoms with Gasteiger partial charge in [-0.05, 0) is 42.3 Å². The maximum atomic E-state index is 12.6. The van der Waals surface area contributed by atoms with Gasteiger partial charge < -0.3 is 14.8 Å². The quantitative estimate of drug-likeness (QED) is 0.484. The Morgan fingerprint density at radius 3 is 2.73 bits per heavy atom. The Morgan fingerprint density at radius 2 is 2.00 bits per heavy atom. The first-order chi connectivity index (χ1) is 14.6. The Morgan fingerprint density at radius 1 is 1.20 bits per heavy atom. The molecule has 1 atom stereocenters. The number of thiophene rings is 1. The van der Waals surface area contributed by atoms with Crippen LogP contribution in [0.5, 0.6) is 11.5 Å². The Hall–Kier alpha value is -2.94. The fourth-order valence-electron chi connectivity index (χ4n) is 3.59. The molecule has 1 N–H and O–H groups in total. The molecule has 4 rings (SSSR count). The van der Waals surface area contributed by atoms with Crippen molar-refractivity contribution in [3.05, 3.63) is 63.3 Å². The van der Waals surface area contributed by atoms with Crippen LogP contribution in [0.3, 0.4) is 0 Å². The van der Waals surface area contributed by atoms with E-state index in [4.69, 9.17) is 27.5 Å². The fourth-order valence-corrected chi connectivity index (χ4v) is 4.87. The Kier molecular flexibility index (Phi) is 5.98. The van der Waals surface area contributed by atoms with Crippen LogP contribution in [0.25, 0.3) is 11.1 Å². The van der Waals surface area contributed by atoms with Crippen LogP contribution in [0, 0.1) is 12.3 Å². The van der Waals surface area contributed by atoms with Crippen LogP contribution < -0.4 is 14.8 Å². The number of rotatable bonds is 6. The molecule has 0 bridgehead atoms. The highest BCUT2D eigenvalue weighted by Crippen LogP contribution is 2.47. The fraction of sp³-hybridized carbons (Fsp3) is 0.208. The number of carbonyl (C=O) groups is 1. The Labute approximate surface area is 184 Å². The summed E-state index contributed by atoms with van der Waals surface area (Å²) in [5, 5.41) is 5.83. The van der Waals surface area contributed by atoms with Crippen molar-refractivity contribution >= 4 is 34.5 Å². The van der Waals surface area contributed by atoms with Gasteiger partial charge >= 0.3 is 0 Å². The summed E-state index contributed by atoms with van der Waals surface area (Å²) in [6.45, 7) is 2.60. The van der Waals surface area contributed by atoms with Gasteiger partial charge in [0.25, 0.3) is 0 Å². The van der Waals surface area contributed by atoms with Gasteiger partial charge in [0.15, 0.2) is 11.5 Å². The van der Waals surface area contributed by atoms with Gasteiger partial charge in [-0.2, -0.15) is 0 Å². The molecule has 1 amide bonds. The van der Waals surface area contributed by atoms with Gasteiger partial charge in [-0.25, -0.2) is 0 Å². The standard InChI is InChI=1S/C24H20ClNO3S/c1-3-11-29-20-10-7-16(12-21(20)28-4-2)18-13-22(27)26-23-19(14-30-24(18)23)15-5-8-17(25)9-6-15/h1,5-10,12,14,18H,4,11,13H2,2H3,(H,26,27)/t18-/m1/s1. The number of terminal acetylenes is 1. The van der Waals surface area contributed by atoms with E-state index in [1.54, 1.807) is 11.3 Å². The largest absolute Gasteiger partial charge is 0.490 e. The van der Waals surface area contributed by atoms with Crippen molar-refractivity contribution in [3.8, 4) is 35.0 Å². The molecule has 1 aromatic heterocycles. The number of nitrogens with one attached hydrogen (secondary N) is 1. The van der Waals surface area contributed by atoms with Crippen molar-refractivity contribution in [2.45, 2.75) is 19.3 Å². The molecule has 1 aliphatic rings. The molecule has 4 nitrogen and oxygen atoms in total. The first-order valence-corrected chi connectivity index (χ1v) is 10.9. The zero-order valence-corrected chi connectivity index (χ0v) is 18.0. The number of anilines is 1. The molecular formula is C24H20ClNO3S. The van der Waals surface area contributed by atoms with Crippen molar-refractivity contribution in [2.75, 3.05) is 18.5 Å². The van der Waals surface area contributed by atoms with Gasteiger partial charge in [-0.3, -0.25) is 4.79 Å². The molecule has 0 fully saturated rings. The number of carbonyl (C=O) groups excluding carboxylic acids is 1. The third-order valence-corrected chi connectivity index (χ3v) is 6.27. The first-order valence-electron chi connectivity index (χ1n) is 9.61. The molecule has 30 heavy (non-hydrogen) atoms. The van der Waals surface area contributed by atoms with Crippen LogP contribution in [-0.2, 0) is 4.79 Å². The summed E-state index contributed by atoms with van der Waals surface area (Å²) in [4.78, 5) is 13.7. The zero-order chi connectivity index (χ0) is 21.1. The van der Waals surface area contributed by atoms with Crippen molar-refractivity contribution in [1.82, 2.24) is 0 Å². The van der Waals surface area contributed by atoms with E-state index >= 15 is 0 Å². The molecule has 2 aromatic carbocycles. The molecule has 0 saturated heterocycles. The third-order valence-electron chi connectivity index (χ3n) is 4.93.